The molecule has 1 saturated carbocycles. The number of carbonyl (C=O) groups excluding carboxylic acids is 3. The molecule has 1 saturated heterocycles. The zero-order chi connectivity index (χ0) is 19.4. The highest BCUT2D eigenvalue weighted by atomic mass is 16.2. The third-order valence-electron chi connectivity index (χ3n) is 5.13. The van der Waals surface area contributed by atoms with E-state index in [9.17, 15) is 14.4 Å². The molecule has 6 heteroatoms. The van der Waals surface area contributed by atoms with Crippen LogP contribution in [-0.4, -0.2) is 35.7 Å². The van der Waals surface area contributed by atoms with Crippen LogP contribution in [-0.2, 0) is 14.4 Å². The highest BCUT2D eigenvalue weighted by Crippen LogP contribution is 2.32. The molecule has 6 nitrogen and oxygen atoms in total. The van der Waals surface area contributed by atoms with Crippen molar-refractivity contribution in [2.24, 2.45) is 17.8 Å². The van der Waals surface area contributed by atoms with Gasteiger partial charge in [-0.1, -0.05) is 13.8 Å². The van der Waals surface area contributed by atoms with Gasteiger partial charge in [-0.3, -0.25) is 14.4 Å². The van der Waals surface area contributed by atoms with Gasteiger partial charge in [-0.15, -0.1) is 0 Å². The second-order valence-corrected chi connectivity index (χ2v) is 8.09. The normalized spacial score (nSPS) is 17.7. The summed E-state index contributed by atoms with van der Waals surface area (Å²) in [5, 5.41) is 5.81. The maximum absolute atomic E-state index is 12.5. The molecule has 0 radical (unpaired) electrons. The van der Waals surface area contributed by atoms with Crippen molar-refractivity contribution in [1.82, 2.24) is 4.90 Å². The molecular formula is C21H29N3O3. The Hall–Kier alpha value is -2.37. The van der Waals surface area contributed by atoms with E-state index in [1.54, 1.807) is 24.3 Å². The van der Waals surface area contributed by atoms with Gasteiger partial charge in [0.2, 0.25) is 17.7 Å². The summed E-state index contributed by atoms with van der Waals surface area (Å²) in [6, 6.07) is 7.19. The van der Waals surface area contributed by atoms with Crippen LogP contribution < -0.4 is 10.6 Å². The fourth-order valence-corrected chi connectivity index (χ4v) is 3.41. The Bertz CT molecular complexity index is 687. The number of likely N-dealkylation sites (tertiary alicyclic amines) is 1. The number of amides is 3. The standard InChI is InChI=1S/C21H29N3O3/c1-14(2)13-19(25)22-17-5-7-18(8-6-17)23-20(26)15-9-11-24(12-10-15)21(27)16-3-4-16/h5-8,14-16H,3-4,9-13H2,1-2H3,(H,22,25)(H,23,26). The van der Waals surface area contributed by atoms with Crippen LogP contribution >= 0.6 is 0 Å². The minimum absolute atomic E-state index is 0.00474. The summed E-state index contributed by atoms with van der Waals surface area (Å²) < 4.78 is 0. The number of nitrogens with one attached hydrogen (secondary N) is 2. The van der Waals surface area contributed by atoms with E-state index in [2.05, 4.69) is 10.6 Å². The van der Waals surface area contributed by atoms with Gasteiger partial charge >= 0.3 is 0 Å². The summed E-state index contributed by atoms with van der Waals surface area (Å²) in [7, 11) is 0. The van der Waals surface area contributed by atoms with Crippen molar-refractivity contribution < 1.29 is 14.4 Å². The van der Waals surface area contributed by atoms with E-state index in [1.807, 2.05) is 18.7 Å². The third kappa shape index (κ3) is 5.55. The topological polar surface area (TPSA) is 78.5 Å². The second kappa shape index (κ2) is 8.55. The summed E-state index contributed by atoms with van der Waals surface area (Å²) in [5.41, 5.74) is 1.45. The molecule has 1 aromatic carbocycles. The van der Waals surface area contributed by atoms with Crippen LogP contribution in [0.3, 0.4) is 0 Å². The lowest BCUT2D eigenvalue weighted by molar-refractivity contribution is -0.135. The molecule has 1 aliphatic carbocycles. The summed E-state index contributed by atoms with van der Waals surface area (Å²) >= 11 is 0. The van der Waals surface area contributed by atoms with Crippen molar-refractivity contribution in [3.8, 4) is 0 Å². The SMILES string of the molecule is CC(C)CC(=O)Nc1ccc(NC(=O)C2CCN(C(=O)C3CC3)CC2)cc1. The molecule has 2 aliphatic rings. The summed E-state index contributed by atoms with van der Waals surface area (Å²) in [5.74, 6) is 0.770. The first kappa shape index (κ1) is 19.4. The van der Waals surface area contributed by atoms with Gasteiger partial charge in [0.05, 0.1) is 0 Å². The van der Waals surface area contributed by atoms with Crippen molar-refractivity contribution in [1.29, 1.82) is 0 Å². The van der Waals surface area contributed by atoms with E-state index in [0.29, 0.717) is 38.3 Å². The maximum atomic E-state index is 12.5. The average Bonchev–Trinajstić information content (AvgIpc) is 3.47. The van der Waals surface area contributed by atoms with Crippen LogP contribution in [0.4, 0.5) is 11.4 Å². The number of hydrogen-bond donors (Lipinski definition) is 2. The van der Waals surface area contributed by atoms with E-state index >= 15 is 0 Å². The van der Waals surface area contributed by atoms with E-state index in [1.165, 1.54) is 0 Å². The number of nitrogens with zero attached hydrogens (tertiary/aromatic N) is 1. The Morgan fingerprint density at radius 3 is 2.00 bits per heavy atom. The van der Waals surface area contributed by atoms with Gasteiger partial charge < -0.3 is 15.5 Å². The Balaban J connectivity index is 1.45. The first-order valence-electron chi connectivity index (χ1n) is 9.92. The molecule has 27 heavy (non-hydrogen) atoms. The number of benzene rings is 1. The van der Waals surface area contributed by atoms with Crippen molar-refractivity contribution >= 4 is 29.1 Å². The zero-order valence-corrected chi connectivity index (χ0v) is 16.2. The summed E-state index contributed by atoms with van der Waals surface area (Å²) in [6.07, 6.45) is 3.96. The highest BCUT2D eigenvalue weighted by molar-refractivity contribution is 5.94. The maximum Gasteiger partial charge on any atom is 0.227 e. The van der Waals surface area contributed by atoms with Crippen molar-refractivity contribution in [3.05, 3.63) is 24.3 Å². The van der Waals surface area contributed by atoms with Crippen LogP contribution in [0.25, 0.3) is 0 Å². The lowest BCUT2D eigenvalue weighted by Crippen LogP contribution is -2.42. The Kier molecular flexibility index (Phi) is 6.14. The van der Waals surface area contributed by atoms with Crippen molar-refractivity contribution in [3.63, 3.8) is 0 Å². The van der Waals surface area contributed by atoms with Crippen LogP contribution in [0.15, 0.2) is 24.3 Å². The fraction of sp³-hybridized carbons (Fsp3) is 0.571. The smallest absolute Gasteiger partial charge is 0.227 e. The number of carbonyl (C=O) groups is 3. The van der Waals surface area contributed by atoms with Crippen molar-refractivity contribution in [2.45, 2.75) is 46.0 Å². The monoisotopic (exact) mass is 371 g/mol. The number of anilines is 2. The minimum Gasteiger partial charge on any atom is -0.342 e. The van der Waals surface area contributed by atoms with E-state index in [0.717, 1.165) is 24.2 Å². The van der Waals surface area contributed by atoms with E-state index in [4.69, 9.17) is 0 Å². The predicted octanol–water partition coefficient (Wildman–Crippen LogP) is 3.26. The molecule has 0 bridgehead atoms. The molecule has 1 heterocycles. The number of piperidine rings is 1. The van der Waals surface area contributed by atoms with Crippen LogP contribution in [0.1, 0.15) is 46.0 Å². The number of hydrogen-bond acceptors (Lipinski definition) is 3. The number of rotatable bonds is 6. The second-order valence-electron chi connectivity index (χ2n) is 8.09. The van der Waals surface area contributed by atoms with Gasteiger partial charge in [0, 0.05) is 42.7 Å². The molecule has 0 aromatic heterocycles. The largest absolute Gasteiger partial charge is 0.342 e. The lowest BCUT2D eigenvalue weighted by atomic mass is 9.95. The highest BCUT2D eigenvalue weighted by Gasteiger charge is 2.35. The molecule has 1 aromatic rings. The molecular weight excluding hydrogens is 342 g/mol. The van der Waals surface area contributed by atoms with Crippen LogP contribution in [0.5, 0.6) is 0 Å². The molecule has 0 spiro atoms. The third-order valence-corrected chi connectivity index (χ3v) is 5.13. The van der Waals surface area contributed by atoms with Crippen LogP contribution in [0.2, 0.25) is 0 Å². The predicted molar refractivity (Wildman–Crippen MR) is 105 cm³/mol. The molecule has 0 unspecified atom stereocenters. The molecule has 3 amide bonds. The molecule has 3 rings (SSSR count). The quantitative estimate of drug-likeness (QED) is 0.806. The lowest BCUT2D eigenvalue weighted by Gasteiger charge is -2.31. The molecule has 1 aliphatic heterocycles. The van der Waals surface area contributed by atoms with Gasteiger partial charge in [-0.25, -0.2) is 0 Å². The summed E-state index contributed by atoms with van der Waals surface area (Å²) in [4.78, 5) is 38.3. The van der Waals surface area contributed by atoms with E-state index in [-0.39, 0.29) is 29.6 Å². The zero-order valence-electron chi connectivity index (χ0n) is 16.2. The molecule has 2 N–H and O–H groups in total. The molecule has 146 valence electrons. The van der Waals surface area contributed by atoms with Gasteiger partial charge in [-0.2, -0.15) is 0 Å². The minimum atomic E-state index is -0.0568. The van der Waals surface area contributed by atoms with Gasteiger partial charge in [-0.05, 0) is 55.9 Å². The van der Waals surface area contributed by atoms with E-state index < -0.39 is 0 Å². The molecule has 0 atom stereocenters. The molecule has 2 fully saturated rings. The Morgan fingerprint density at radius 2 is 1.48 bits per heavy atom. The average molecular weight is 371 g/mol. The first-order valence-corrected chi connectivity index (χ1v) is 9.92. The van der Waals surface area contributed by atoms with Crippen LogP contribution in [0, 0.1) is 17.8 Å². The van der Waals surface area contributed by atoms with Gasteiger partial charge in [0.1, 0.15) is 0 Å². The van der Waals surface area contributed by atoms with Gasteiger partial charge in [0.15, 0.2) is 0 Å². The Morgan fingerprint density at radius 1 is 0.926 bits per heavy atom. The fourth-order valence-electron chi connectivity index (χ4n) is 3.41. The summed E-state index contributed by atoms with van der Waals surface area (Å²) in [6.45, 7) is 5.36. The van der Waals surface area contributed by atoms with Crippen molar-refractivity contribution in [2.75, 3.05) is 23.7 Å². The Labute approximate surface area is 160 Å². The van der Waals surface area contributed by atoms with Gasteiger partial charge in [0.25, 0.3) is 0 Å². The first-order chi connectivity index (χ1) is 12.9.